The first kappa shape index (κ1) is 21.1. The maximum absolute atomic E-state index is 5.57. The normalized spacial score (nSPS) is 22.8. The molecule has 6 aliphatic rings. The van der Waals surface area contributed by atoms with E-state index in [1.807, 2.05) is 0 Å². The summed E-state index contributed by atoms with van der Waals surface area (Å²) in [5.74, 6) is 3.14. The van der Waals surface area contributed by atoms with Gasteiger partial charge in [-0.3, -0.25) is 4.90 Å². The molecule has 43 heavy (non-hydrogen) atoms. The molecule has 0 amide bonds. The van der Waals surface area contributed by atoms with Crippen molar-refractivity contribution in [2.75, 3.05) is 0 Å². The molecule has 6 aromatic rings. The summed E-state index contributed by atoms with van der Waals surface area (Å²) < 4.78 is 4.74. The number of hydrogen-bond acceptors (Lipinski definition) is 4. The Morgan fingerprint density at radius 3 is 2.02 bits per heavy atom. The summed E-state index contributed by atoms with van der Waals surface area (Å²) in [5, 5.41) is 9.67. The van der Waals surface area contributed by atoms with E-state index in [2.05, 4.69) is 123 Å². The largest absolute Gasteiger partial charge is 0.276 e. The van der Waals surface area contributed by atoms with Crippen LogP contribution in [0, 0.1) is 5.92 Å². The monoisotopic (exact) mass is 549 g/mol. The van der Waals surface area contributed by atoms with E-state index < -0.39 is 0 Å². The van der Waals surface area contributed by atoms with Crippen molar-refractivity contribution in [2.45, 2.75) is 12.5 Å². The topological polar surface area (TPSA) is 48.3 Å². The van der Waals surface area contributed by atoms with Crippen LogP contribution in [0.1, 0.15) is 17.4 Å². The maximum Gasteiger partial charge on any atom is 0.276 e. The molecular weight excluding hydrogens is 528 g/mol. The van der Waals surface area contributed by atoms with E-state index in [1.165, 1.54) is 37.6 Å². The molecular formula is C37H21N6+. The van der Waals surface area contributed by atoms with Crippen molar-refractivity contribution in [1.82, 2.24) is 9.47 Å². The predicted octanol–water partition coefficient (Wildman–Crippen LogP) is 3.65. The van der Waals surface area contributed by atoms with Crippen LogP contribution in [0.4, 0.5) is 0 Å². The molecule has 6 heteroatoms. The fraction of sp³-hybridized carbons (Fsp3) is 0.0811. The van der Waals surface area contributed by atoms with Gasteiger partial charge in [0, 0.05) is 16.3 Å². The van der Waals surface area contributed by atoms with E-state index in [0.717, 1.165) is 50.4 Å². The van der Waals surface area contributed by atoms with Crippen molar-refractivity contribution in [3.63, 3.8) is 0 Å². The minimum absolute atomic E-state index is 0.0861. The third-order valence-electron chi connectivity index (χ3n) is 10.2. The highest BCUT2D eigenvalue weighted by Gasteiger charge is 2.58. The summed E-state index contributed by atoms with van der Waals surface area (Å²) in [6.07, 6.45) is 4.54. The molecule has 0 fully saturated rings. The number of aliphatic imine (C=N–C) groups is 1. The summed E-state index contributed by atoms with van der Waals surface area (Å²) in [6, 6.07) is 35.1. The van der Waals surface area contributed by atoms with Gasteiger partial charge in [-0.25, -0.2) is 9.56 Å². The molecule has 6 nitrogen and oxygen atoms in total. The smallest absolute Gasteiger partial charge is 0.267 e. The number of nitrogens with zero attached hydrogens (tertiary/aromatic N) is 6. The Labute approximate surface area is 244 Å². The molecule has 1 aromatic heterocycles. The molecule has 3 atom stereocenters. The Kier molecular flexibility index (Phi) is 3.38. The standard InChI is InChI=1S/C37H21N6/c1-2-8-20-14-26-25(13-19(20)7-1)31-38-33-27-15-21-9-3-4-10-22(21)16-28(27)35-40-36-30-18-24-12-6-5-11-23(24)17-29(30)34-39-32(26)41(31)37(42(33)35)43(34)36/h1-18,25,31,37H/q+1/t25?,31?,37-/m1/s1. The highest BCUT2D eigenvalue weighted by molar-refractivity contribution is 6.17. The van der Waals surface area contributed by atoms with Gasteiger partial charge in [0.25, 0.3) is 11.7 Å². The van der Waals surface area contributed by atoms with Crippen molar-refractivity contribution >= 4 is 56.1 Å². The molecule has 1 aliphatic carbocycles. The van der Waals surface area contributed by atoms with E-state index in [-0.39, 0.29) is 18.4 Å². The summed E-state index contributed by atoms with van der Waals surface area (Å²) in [4.78, 5) is 19.0. The molecule has 12 rings (SSSR count). The average Bonchev–Trinajstić information content (AvgIpc) is 3.65. The minimum atomic E-state index is -0.128. The van der Waals surface area contributed by atoms with Gasteiger partial charge in [-0.05, 0) is 62.3 Å². The summed E-state index contributed by atoms with van der Waals surface area (Å²) >= 11 is 0. The predicted molar refractivity (Wildman–Crippen MR) is 166 cm³/mol. The van der Waals surface area contributed by atoms with Crippen LogP contribution >= 0.6 is 0 Å². The molecule has 198 valence electrons. The van der Waals surface area contributed by atoms with Crippen LogP contribution in [0.5, 0.6) is 0 Å². The van der Waals surface area contributed by atoms with Gasteiger partial charge in [-0.1, -0.05) is 83.9 Å². The summed E-state index contributed by atoms with van der Waals surface area (Å²) in [6.45, 7) is 0. The lowest BCUT2D eigenvalue weighted by Gasteiger charge is -2.39. The first-order valence-electron chi connectivity index (χ1n) is 14.9. The first-order valence-corrected chi connectivity index (χ1v) is 14.9. The van der Waals surface area contributed by atoms with E-state index >= 15 is 0 Å². The number of hydrogen-bond donors (Lipinski definition) is 0. The lowest BCUT2D eigenvalue weighted by molar-refractivity contribution is -0.528. The van der Waals surface area contributed by atoms with E-state index in [9.17, 15) is 0 Å². The van der Waals surface area contributed by atoms with Gasteiger partial charge in [-0.15, -0.1) is 4.99 Å². The van der Waals surface area contributed by atoms with E-state index in [1.54, 1.807) is 0 Å². The third-order valence-corrected chi connectivity index (χ3v) is 10.2. The summed E-state index contributed by atoms with van der Waals surface area (Å²) in [5.41, 5.74) is 5.53. The van der Waals surface area contributed by atoms with Crippen LogP contribution in [0.25, 0.3) is 44.5 Å². The molecule has 5 aliphatic heterocycles. The number of amidine groups is 2. The Bertz CT molecular complexity index is 2760. The molecule has 0 bridgehead atoms. The van der Waals surface area contributed by atoms with Crippen molar-refractivity contribution in [1.29, 1.82) is 0 Å². The zero-order valence-corrected chi connectivity index (χ0v) is 22.8. The second-order valence-corrected chi connectivity index (χ2v) is 12.3. The van der Waals surface area contributed by atoms with E-state index in [4.69, 9.17) is 15.0 Å². The van der Waals surface area contributed by atoms with Crippen molar-refractivity contribution in [2.24, 2.45) is 20.9 Å². The molecule has 0 radical (unpaired) electrons. The average molecular weight is 550 g/mol. The minimum Gasteiger partial charge on any atom is -0.267 e. The highest BCUT2D eigenvalue weighted by atomic mass is 15.6. The van der Waals surface area contributed by atoms with E-state index in [0.29, 0.717) is 0 Å². The van der Waals surface area contributed by atoms with Gasteiger partial charge in [0.05, 0.1) is 17.0 Å². The molecule has 6 heterocycles. The van der Waals surface area contributed by atoms with Gasteiger partial charge in [0.2, 0.25) is 11.8 Å². The molecule has 5 aromatic carbocycles. The molecule has 0 saturated heterocycles. The fourth-order valence-electron chi connectivity index (χ4n) is 8.30. The van der Waals surface area contributed by atoms with Gasteiger partial charge in [-0.2, -0.15) is 4.58 Å². The lowest BCUT2D eigenvalue weighted by Crippen LogP contribution is -2.58. The second kappa shape index (κ2) is 6.88. The number of rotatable bonds is 0. The Morgan fingerprint density at radius 2 is 1.28 bits per heavy atom. The van der Waals surface area contributed by atoms with Crippen LogP contribution in [-0.2, 0) is 0 Å². The van der Waals surface area contributed by atoms with Crippen molar-refractivity contribution < 1.29 is 4.58 Å². The summed E-state index contributed by atoms with van der Waals surface area (Å²) in [7, 11) is 0. The Morgan fingerprint density at radius 1 is 0.651 bits per heavy atom. The van der Waals surface area contributed by atoms with Gasteiger partial charge in [0.15, 0.2) is 6.17 Å². The van der Waals surface area contributed by atoms with Crippen LogP contribution < -0.4 is 21.4 Å². The van der Waals surface area contributed by atoms with Crippen LogP contribution in [-0.4, -0.2) is 31.9 Å². The lowest BCUT2D eigenvalue weighted by atomic mass is 9.92. The highest BCUT2D eigenvalue weighted by Crippen LogP contribution is 2.48. The Hall–Kier alpha value is -5.62. The number of fused-ring (bicyclic) bond motifs is 11. The first-order chi connectivity index (χ1) is 21.3. The zero-order chi connectivity index (χ0) is 27.6. The zero-order valence-electron chi connectivity index (χ0n) is 22.8. The Balaban J connectivity index is 1.29. The number of benzene rings is 5. The van der Waals surface area contributed by atoms with Crippen molar-refractivity contribution in [3.05, 3.63) is 141 Å². The second-order valence-electron chi connectivity index (χ2n) is 12.3. The molecule has 0 saturated carbocycles. The van der Waals surface area contributed by atoms with Crippen molar-refractivity contribution in [3.8, 4) is 0 Å². The quantitative estimate of drug-likeness (QED) is 0.267. The van der Waals surface area contributed by atoms with Gasteiger partial charge < -0.3 is 0 Å². The van der Waals surface area contributed by atoms with Crippen LogP contribution in [0.15, 0.2) is 123 Å². The van der Waals surface area contributed by atoms with Crippen LogP contribution in [0.2, 0.25) is 0 Å². The maximum atomic E-state index is 5.57. The molecule has 0 spiro atoms. The van der Waals surface area contributed by atoms with Crippen LogP contribution in [0.3, 0.4) is 0 Å². The molecule has 2 unspecified atom stereocenters. The fourth-order valence-corrected chi connectivity index (χ4v) is 8.30. The molecule has 0 N–H and O–H groups in total. The number of aromatic nitrogens is 1. The van der Waals surface area contributed by atoms with Gasteiger partial charge in [0.1, 0.15) is 11.3 Å². The van der Waals surface area contributed by atoms with Gasteiger partial charge >= 0.3 is 0 Å². The third kappa shape index (κ3) is 2.35. The SMILES string of the molecule is C1=c2ccccc2=CC2C1=C1N=c3c4cc5ccccc5cc4c4n3[C@@H]3N1C2N=C1c2cc5ccccc5cc2C(=[N+]13)N=4.